The maximum absolute atomic E-state index is 11.9. The molecule has 0 spiro atoms. The molecule has 0 bridgehead atoms. The smallest absolute Gasteiger partial charge is 0.344 e. The number of methoxy groups -OCH3 is 1. The van der Waals surface area contributed by atoms with E-state index >= 15 is 0 Å². The van der Waals surface area contributed by atoms with Gasteiger partial charge in [-0.3, -0.25) is 4.57 Å². The second-order valence-corrected chi connectivity index (χ2v) is 4.40. The average Bonchev–Trinajstić information content (AvgIpc) is 3.12. The van der Waals surface area contributed by atoms with Crippen LogP contribution in [0.3, 0.4) is 0 Å². The number of hydrogen-bond donors (Lipinski definition) is 2. The van der Waals surface area contributed by atoms with Crippen LogP contribution in [-0.4, -0.2) is 27.0 Å². The molecule has 21 heavy (non-hydrogen) atoms. The molecular formula is C14H13N3O4. The number of nitrogens with one attached hydrogen (secondary N) is 1. The Morgan fingerprint density at radius 1 is 1.43 bits per heavy atom. The maximum atomic E-state index is 11.9. The van der Waals surface area contributed by atoms with E-state index in [1.54, 1.807) is 30.5 Å². The van der Waals surface area contributed by atoms with Gasteiger partial charge in [0.25, 0.3) is 0 Å². The standard InChI is InChI=1S/C14H13N3O4/c1-20-12-7-9(4-5-11(12)18)13-15-16-14(19)17(13)8-10-3-2-6-21-10/h2-7,18H,8H2,1H3,(H,16,19). The van der Waals surface area contributed by atoms with Gasteiger partial charge in [-0.15, -0.1) is 0 Å². The maximum Gasteiger partial charge on any atom is 0.344 e. The Bertz CT molecular complexity index is 802. The van der Waals surface area contributed by atoms with Crippen LogP contribution in [0.25, 0.3) is 11.4 Å². The Labute approximate surface area is 119 Å². The molecule has 108 valence electrons. The van der Waals surface area contributed by atoms with Crippen molar-refractivity contribution < 1.29 is 14.3 Å². The van der Waals surface area contributed by atoms with E-state index in [0.29, 0.717) is 22.9 Å². The molecule has 7 nitrogen and oxygen atoms in total. The SMILES string of the molecule is COc1cc(-c2n[nH]c(=O)n2Cc2ccco2)ccc1O. The first-order valence-electron chi connectivity index (χ1n) is 6.24. The van der Waals surface area contributed by atoms with Crippen molar-refractivity contribution in [2.24, 2.45) is 0 Å². The molecule has 0 atom stereocenters. The molecule has 0 amide bonds. The third-order valence-electron chi connectivity index (χ3n) is 3.09. The van der Waals surface area contributed by atoms with Crippen LogP contribution in [0.2, 0.25) is 0 Å². The Balaban J connectivity index is 2.05. The van der Waals surface area contributed by atoms with E-state index < -0.39 is 0 Å². The van der Waals surface area contributed by atoms with Crippen LogP contribution in [0.1, 0.15) is 5.76 Å². The van der Waals surface area contributed by atoms with Crippen LogP contribution < -0.4 is 10.4 Å². The van der Waals surface area contributed by atoms with Gasteiger partial charge in [0.2, 0.25) is 0 Å². The lowest BCUT2D eigenvalue weighted by atomic mass is 10.2. The van der Waals surface area contributed by atoms with Gasteiger partial charge in [0.1, 0.15) is 5.76 Å². The van der Waals surface area contributed by atoms with E-state index in [0.717, 1.165) is 0 Å². The summed E-state index contributed by atoms with van der Waals surface area (Å²) in [5.74, 6) is 1.42. The number of benzene rings is 1. The molecule has 3 aromatic rings. The Kier molecular flexibility index (Phi) is 3.23. The summed E-state index contributed by atoms with van der Waals surface area (Å²) in [6.45, 7) is 0.265. The topological polar surface area (TPSA) is 93.3 Å². The van der Waals surface area contributed by atoms with Gasteiger partial charge in [0.15, 0.2) is 17.3 Å². The van der Waals surface area contributed by atoms with Gasteiger partial charge in [-0.1, -0.05) is 0 Å². The third kappa shape index (κ3) is 2.40. The second kappa shape index (κ2) is 5.20. The minimum Gasteiger partial charge on any atom is -0.504 e. The zero-order valence-corrected chi connectivity index (χ0v) is 11.2. The first-order valence-corrected chi connectivity index (χ1v) is 6.24. The fraction of sp³-hybridized carbons (Fsp3) is 0.143. The minimum atomic E-state index is -0.339. The molecule has 2 aromatic heterocycles. The highest BCUT2D eigenvalue weighted by Crippen LogP contribution is 2.30. The second-order valence-electron chi connectivity index (χ2n) is 4.40. The third-order valence-corrected chi connectivity index (χ3v) is 3.09. The number of phenolic OH excluding ortho intramolecular Hbond substituents is 1. The monoisotopic (exact) mass is 287 g/mol. The number of aromatic hydroxyl groups is 1. The molecule has 0 saturated carbocycles. The first kappa shape index (κ1) is 13.0. The summed E-state index contributed by atoms with van der Waals surface area (Å²) < 4.78 is 11.8. The number of rotatable bonds is 4. The molecule has 0 aliphatic carbocycles. The summed E-state index contributed by atoms with van der Waals surface area (Å²) in [5, 5.41) is 16.1. The van der Waals surface area contributed by atoms with Gasteiger partial charge < -0.3 is 14.3 Å². The highest BCUT2D eigenvalue weighted by Gasteiger charge is 2.14. The summed E-state index contributed by atoms with van der Waals surface area (Å²) in [6.07, 6.45) is 1.55. The summed E-state index contributed by atoms with van der Waals surface area (Å²) in [7, 11) is 1.46. The van der Waals surface area contributed by atoms with E-state index in [4.69, 9.17) is 9.15 Å². The van der Waals surface area contributed by atoms with Gasteiger partial charge in [0, 0.05) is 5.56 Å². The fourth-order valence-corrected chi connectivity index (χ4v) is 2.06. The van der Waals surface area contributed by atoms with E-state index in [-0.39, 0.29) is 18.0 Å². The number of ether oxygens (including phenoxy) is 1. The summed E-state index contributed by atoms with van der Waals surface area (Å²) >= 11 is 0. The molecule has 0 radical (unpaired) electrons. The molecule has 2 N–H and O–H groups in total. The van der Waals surface area contributed by atoms with Gasteiger partial charge in [0.05, 0.1) is 19.9 Å². The molecule has 0 saturated heterocycles. The molecule has 0 fully saturated rings. The number of nitrogens with zero attached hydrogens (tertiary/aromatic N) is 2. The molecule has 0 aliphatic rings. The number of furan rings is 1. The van der Waals surface area contributed by atoms with Crippen LogP contribution in [-0.2, 0) is 6.54 Å². The molecule has 0 aliphatic heterocycles. The quantitative estimate of drug-likeness (QED) is 0.760. The molecule has 1 aromatic carbocycles. The lowest BCUT2D eigenvalue weighted by Gasteiger charge is -2.07. The largest absolute Gasteiger partial charge is 0.504 e. The van der Waals surface area contributed by atoms with Crippen LogP contribution in [0.15, 0.2) is 45.8 Å². The average molecular weight is 287 g/mol. The highest BCUT2D eigenvalue weighted by molar-refractivity contribution is 5.61. The number of aromatic amines is 1. The van der Waals surface area contributed by atoms with Crippen molar-refractivity contribution in [3.63, 3.8) is 0 Å². The van der Waals surface area contributed by atoms with Crippen molar-refractivity contribution in [1.29, 1.82) is 0 Å². The van der Waals surface area contributed by atoms with Crippen molar-refractivity contribution in [2.45, 2.75) is 6.54 Å². The number of aromatic nitrogens is 3. The van der Waals surface area contributed by atoms with Crippen molar-refractivity contribution >= 4 is 0 Å². The molecule has 0 unspecified atom stereocenters. The lowest BCUT2D eigenvalue weighted by molar-refractivity contribution is 0.373. The molecule has 2 heterocycles. The van der Waals surface area contributed by atoms with E-state index in [1.807, 2.05) is 0 Å². The summed E-state index contributed by atoms with van der Waals surface area (Å²) in [6, 6.07) is 8.30. The molecule has 3 rings (SSSR count). The summed E-state index contributed by atoms with van der Waals surface area (Å²) in [4.78, 5) is 11.9. The Morgan fingerprint density at radius 2 is 2.29 bits per heavy atom. The highest BCUT2D eigenvalue weighted by atomic mass is 16.5. The normalized spacial score (nSPS) is 10.7. The van der Waals surface area contributed by atoms with Crippen LogP contribution in [0.5, 0.6) is 11.5 Å². The van der Waals surface area contributed by atoms with Crippen molar-refractivity contribution in [3.05, 3.63) is 52.8 Å². The van der Waals surface area contributed by atoms with E-state index in [9.17, 15) is 9.90 Å². The van der Waals surface area contributed by atoms with Crippen molar-refractivity contribution in [1.82, 2.24) is 14.8 Å². The first-order chi connectivity index (χ1) is 10.2. The van der Waals surface area contributed by atoms with Crippen LogP contribution in [0.4, 0.5) is 0 Å². The minimum absolute atomic E-state index is 0.0247. The fourth-order valence-electron chi connectivity index (χ4n) is 2.06. The molecule has 7 heteroatoms. The van der Waals surface area contributed by atoms with Crippen LogP contribution in [0, 0.1) is 0 Å². The van der Waals surface area contributed by atoms with Gasteiger partial charge in [-0.25, -0.2) is 9.89 Å². The predicted molar refractivity (Wildman–Crippen MR) is 74.3 cm³/mol. The van der Waals surface area contributed by atoms with Crippen molar-refractivity contribution in [3.8, 4) is 22.9 Å². The lowest BCUT2D eigenvalue weighted by Crippen LogP contribution is -2.18. The van der Waals surface area contributed by atoms with Crippen LogP contribution >= 0.6 is 0 Å². The Hall–Kier alpha value is -2.96. The van der Waals surface area contributed by atoms with E-state index in [1.165, 1.54) is 17.7 Å². The van der Waals surface area contributed by atoms with Crippen molar-refractivity contribution in [2.75, 3.05) is 7.11 Å². The summed E-state index contributed by atoms with van der Waals surface area (Å²) in [5.41, 5.74) is 0.308. The number of phenols is 1. The number of H-pyrrole nitrogens is 1. The number of hydrogen-bond acceptors (Lipinski definition) is 5. The zero-order chi connectivity index (χ0) is 14.8. The predicted octanol–water partition coefficient (Wildman–Crippen LogP) is 1.59. The zero-order valence-electron chi connectivity index (χ0n) is 11.2. The molecular weight excluding hydrogens is 274 g/mol. The van der Waals surface area contributed by atoms with Gasteiger partial charge >= 0.3 is 5.69 Å². The van der Waals surface area contributed by atoms with Gasteiger partial charge in [-0.05, 0) is 30.3 Å². The van der Waals surface area contributed by atoms with Gasteiger partial charge in [-0.2, -0.15) is 5.10 Å². The van der Waals surface area contributed by atoms with E-state index in [2.05, 4.69) is 10.2 Å². The Morgan fingerprint density at radius 3 is 3.00 bits per heavy atom.